The first kappa shape index (κ1) is 12.8. The van der Waals surface area contributed by atoms with Crippen molar-refractivity contribution in [2.75, 3.05) is 18.0 Å². The number of benzene rings is 1. The van der Waals surface area contributed by atoms with Crippen molar-refractivity contribution in [2.24, 2.45) is 0 Å². The van der Waals surface area contributed by atoms with Gasteiger partial charge in [-0.25, -0.2) is 13.6 Å². The smallest absolute Gasteiger partial charge is 0.335 e. The molecule has 1 fully saturated rings. The van der Waals surface area contributed by atoms with E-state index in [-0.39, 0.29) is 12.2 Å². The summed E-state index contributed by atoms with van der Waals surface area (Å²) in [6.45, 7) is 0.595. The van der Waals surface area contributed by atoms with Crippen LogP contribution in [-0.2, 0) is 0 Å². The molecule has 2 N–H and O–H groups in total. The molecule has 98 valence electrons. The average Bonchev–Trinajstić information content (AvgIpc) is 2.27. The Morgan fingerprint density at radius 1 is 1.33 bits per heavy atom. The van der Waals surface area contributed by atoms with Crippen molar-refractivity contribution < 1.29 is 23.8 Å². The lowest BCUT2D eigenvalue weighted by Crippen LogP contribution is -2.39. The molecule has 1 unspecified atom stereocenters. The minimum Gasteiger partial charge on any atom is -0.478 e. The molecule has 1 aromatic carbocycles. The predicted octanol–water partition coefficient (Wildman–Crippen LogP) is 1.62. The number of hydrogen-bond donors (Lipinski definition) is 2. The molecule has 0 bridgehead atoms. The first-order valence-electron chi connectivity index (χ1n) is 5.64. The number of aliphatic hydroxyl groups is 1. The molecule has 6 heteroatoms. The van der Waals surface area contributed by atoms with Crippen molar-refractivity contribution in [3.63, 3.8) is 0 Å². The van der Waals surface area contributed by atoms with Crippen molar-refractivity contribution >= 4 is 11.7 Å². The van der Waals surface area contributed by atoms with Crippen molar-refractivity contribution in [2.45, 2.75) is 18.9 Å². The molecule has 0 aliphatic carbocycles. The molecule has 1 heterocycles. The average molecular weight is 257 g/mol. The Hall–Kier alpha value is -1.69. The van der Waals surface area contributed by atoms with E-state index in [1.165, 1.54) is 4.90 Å². The maximum atomic E-state index is 13.8. The number of nitrogens with zero attached hydrogens (tertiary/aromatic N) is 1. The SMILES string of the molecule is O=C(O)c1cc(F)c(N2CCCC(O)C2)c(F)c1. The molecule has 1 aromatic rings. The normalized spacial score (nSPS) is 19.9. The van der Waals surface area contributed by atoms with Crippen molar-refractivity contribution in [1.82, 2.24) is 0 Å². The van der Waals surface area contributed by atoms with E-state index < -0.39 is 29.3 Å². The van der Waals surface area contributed by atoms with Crippen LogP contribution in [0.4, 0.5) is 14.5 Å². The molecular formula is C12H13F2NO3. The van der Waals surface area contributed by atoms with E-state index in [1.807, 2.05) is 0 Å². The minimum absolute atomic E-state index is 0.153. The van der Waals surface area contributed by atoms with E-state index in [9.17, 15) is 18.7 Å². The van der Waals surface area contributed by atoms with Gasteiger partial charge in [-0.2, -0.15) is 0 Å². The van der Waals surface area contributed by atoms with Crippen LogP contribution in [0.15, 0.2) is 12.1 Å². The summed E-state index contributed by atoms with van der Waals surface area (Å²) in [4.78, 5) is 12.1. The van der Waals surface area contributed by atoms with Crippen LogP contribution in [0.25, 0.3) is 0 Å². The van der Waals surface area contributed by atoms with E-state index >= 15 is 0 Å². The quantitative estimate of drug-likeness (QED) is 0.845. The summed E-state index contributed by atoms with van der Waals surface area (Å²) in [6, 6.07) is 1.59. The third-order valence-electron chi connectivity index (χ3n) is 2.98. The van der Waals surface area contributed by atoms with Gasteiger partial charge < -0.3 is 15.1 Å². The largest absolute Gasteiger partial charge is 0.478 e. The lowest BCUT2D eigenvalue weighted by Gasteiger charge is -2.32. The Morgan fingerprint density at radius 2 is 1.94 bits per heavy atom. The number of carbonyl (C=O) groups is 1. The second-order valence-electron chi connectivity index (χ2n) is 4.34. The summed E-state index contributed by atoms with van der Waals surface area (Å²) in [5.41, 5.74) is -0.690. The number of piperidine rings is 1. The zero-order chi connectivity index (χ0) is 13.3. The monoisotopic (exact) mass is 257 g/mol. The Morgan fingerprint density at radius 3 is 2.44 bits per heavy atom. The van der Waals surface area contributed by atoms with E-state index in [0.29, 0.717) is 19.4 Å². The zero-order valence-corrected chi connectivity index (χ0v) is 9.57. The van der Waals surface area contributed by atoms with Crippen molar-refractivity contribution in [3.05, 3.63) is 29.3 Å². The highest BCUT2D eigenvalue weighted by molar-refractivity contribution is 5.88. The second kappa shape index (κ2) is 4.89. The Bertz CT molecular complexity index is 455. The van der Waals surface area contributed by atoms with Crippen LogP contribution in [0, 0.1) is 11.6 Å². The van der Waals surface area contributed by atoms with Crippen LogP contribution in [0.2, 0.25) is 0 Å². The van der Waals surface area contributed by atoms with Gasteiger partial charge in [-0.3, -0.25) is 0 Å². The molecule has 0 spiro atoms. The van der Waals surface area contributed by atoms with Gasteiger partial charge in [-0.05, 0) is 25.0 Å². The summed E-state index contributed by atoms with van der Waals surface area (Å²) in [5.74, 6) is -3.21. The van der Waals surface area contributed by atoms with Crippen LogP contribution in [0.1, 0.15) is 23.2 Å². The third kappa shape index (κ3) is 2.43. The van der Waals surface area contributed by atoms with Crippen LogP contribution < -0.4 is 4.90 Å². The van der Waals surface area contributed by atoms with Gasteiger partial charge in [0.25, 0.3) is 0 Å². The Kier molecular flexibility index (Phi) is 3.47. The van der Waals surface area contributed by atoms with E-state index in [0.717, 1.165) is 12.1 Å². The van der Waals surface area contributed by atoms with Crippen molar-refractivity contribution in [3.8, 4) is 0 Å². The van der Waals surface area contributed by atoms with E-state index in [1.54, 1.807) is 0 Å². The maximum Gasteiger partial charge on any atom is 0.335 e. The van der Waals surface area contributed by atoms with Crippen LogP contribution in [0.3, 0.4) is 0 Å². The number of aromatic carboxylic acids is 1. The second-order valence-corrected chi connectivity index (χ2v) is 4.34. The van der Waals surface area contributed by atoms with Gasteiger partial charge in [-0.15, -0.1) is 0 Å². The molecule has 1 atom stereocenters. The lowest BCUT2D eigenvalue weighted by atomic mass is 10.1. The Labute approximate surface area is 102 Å². The molecule has 0 aromatic heterocycles. The highest BCUT2D eigenvalue weighted by Gasteiger charge is 2.24. The van der Waals surface area contributed by atoms with Crippen LogP contribution in [0.5, 0.6) is 0 Å². The molecule has 18 heavy (non-hydrogen) atoms. The first-order chi connectivity index (χ1) is 8.49. The summed E-state index contributed by atoms with van der Waals surface area (Å²) in [7, 11) is 0. The van der Waals surface area contributed by atoms with Crippen LogP contribution >= 0.6 is 0 Å². The standard InChI is InChI=1S/C12H13F2NO3/c13-9-4-7(12(17)18)5-10(14)11(9)15-3-1-2-8(16)6-15/h4-5,8,16H,1-3,6H2,(H,17,18). The molecule has 1 saturated heterocycles. The van der Waals surface area contributed by atoms with Gasteiger partial charge in [0.1, 0.15) is 17.3 Å². The molecule has 1 aliphatic rings. The van der Waals surface area contributed by atoms with Gasteiger partial charge >= 0.3 is 5.97 Å². The van der Waals surface area contributed by atoms with Crippen LogP contribution in [-0.4, -0.2) is 35.4 Å². The summed E-state index contributed by atoms with van der Waals surface area (Å²) in [5, 5.41) is 18.2. The molecule has 0 saturated carbocycles. The third-order valence-corrected chi connectivity index (χ3v) is 2.98. The number of aliphatic hydroxyl groups excluding tert-OH is 1. The Balaban J connectivity index is 2.36. The molecule has 1 aliphatic heterocycles. The lowest BCUT2D eigenvalue weighted by molar-refractivity contribution is 0.0695. The highest BCUT2D eigenvalue weighted by Crippen LogP contribution is 2.27. The number of hydrogen-bond acceptors (Lipinski definition) is 3. The number of carboxylic acid groups (broad SMARTS) is 1. The van der Waals surface area contributed by atoms with E-state index in [4.69, 9.17) is 5.11 Å². The van der Waals surface area contributed by atoms with Crippen molar-refractivity contribution in [1.29, 1.82) is 0 Å². The number of rotatable bonds is 2. The topological polar surface area (TPSA) is 60.8 Å². The number of anilines is 1. The molecule has 2 rings (SSSR count). The fourth-order valence-electron chi connectivity index (χ4n) is 2.15. The number of carboxylic acids is 1. The van der Waals surface area contributed by atoms with Gasteiger partial charge in [0.15, 0.2) is 0 Å². The van der Waals surface area contributed by atoms with Gasteiger partial charge in [0, 0.05) is 13.1 Å². The number of halogens is 2. The fourth-order valence-corrected chi connectivity index (χ4v) is 2.15. The summed E-state index contributed by atoms with van der Waals surface area (Å²) >= 11 is 0. The highest BCUT2D eigenvalue weighted by atomic mass is 19.1. The van der Waals surface area contributed by atoms with Gasteiger partial charge in [-0.1, -0.05) is 0 Å². The first-order valence-corrected chi connectivity index (χ1v) is 5.64. The molecule has 0 radical (unpaired) electrons. The van der Waals surface area contributed by atoms with Gasteiger partial charge in [0.05, 0.1) is 11.7 Å². The minimum atomic E-state index is -1.38. The summed E-state index contributed by atoms with van der Waals surface area (Å²) in [6.07, 6.45) is 0.630. The zero-order valence-electron chi connectivity index (χ0n) is 9.57. The molecule has 0 amide bonds. The summed E-state index contributed by atoms with van der Waals surface area (Å²) < 4.78 is 27.5. The maximum absolute atomic E-state index is 13.8. The molecule has 4 nitrogen and oxygen atoms in total. The van der Waals surface area contributed by atoms with Gasteiger partial charge in [0.2, 0.25) is 0 Å². The van der Waals surface area contributed by atoms with E-state index in [2.05, 4.69) is 0 Å². The molecular weight excluding hydrogens is 244 g/mol. The fraction of sp³-hybridized carbons (Fsp3) is 0.417. The number of β-amino-alcohol motifs (C(OH)–C–C–N with tert-alkyl or cyclic N) is 1. The predicted molar refractivity (Wildman–Crippen MR) is 60.8 cm³/mol.